The summed E-state index contributed by atoms with van der Waals surface area (Å²) in [5.41, 5.74) is 0.199. The fourth-order valence-corrected chi connectivity index (χ4v) is 3.18. The van der Waals surface area contributed by atoms with Gasteiger partial charge in [0.15, 0.2) is 0 Å². The third kappa shape index (κ3) is 5.05. The Morgan fingerprint density at radius 2 is 1.81 bits per heavy atom. The van der Waals surface area contributed by atoms with Crippen molar-refractivity contribution in [1.82, 2.24) is 0 Å². The molecule has 0 aliphatic heterocycles. The van der Waals surface area contributed by atoms with E-state index in [4.69, 9.17) is 4.74 Å². The lowest BCUT2D eigenvalue weighted by Crippen LogP contribution is -2.19. The van der Waals surface area contributed by atoms with E-state index in [9.17, 15) is 18.4 Å². The largest absolute Gasteiger partial charge is 0.465 e. The van der Waals surface area contributed by atoms with E-state index in [1.54, 1.807) is 44.2 Å². The lowest BCUT2D eigenvalue weighted by Gasteiger charge is -2.15. The molecule has 2 rings (SSSR count). The molecule has 1 amide bonds. The third-order valence-corrected chi connectivity index (χ3v) is 4.87. The van der Waals surface area contributed by atoms with Crippen molar-refractivity contribution in [3.05, 3.63) is 59.7 Å². The second kappa shape index (κ2) is 9.33. The first-order valence-electron chi connectivity index (χ1n) is 8.15. The van der Waals surface area contributed by atoms with Gasteiger partial charge in [0.2, 0.25) is 0 Å². The van der Waals surface area contributed by atoms with Gasteiger partial charge in [-0.2, -0.15) is 0 Å². The van der Waals surface area contributed by atoms with Gasteiger partial charge in [-0.3, -0.25) is 9.59 Å². The average Bonchev–Trinajstić information content (AvgIpc) is 2.63. The van der Waals surface area contributed by atoms with Crippen molar-refractivity contribution in [3.8, 4) is 0 Å². The molecule has 1 unspecified atom stereocenters. The predicted molar refractivity (Wildman–Crippen MR) is 97.3 cm³/mol. The Hall–Kier alpha value is -2.41. The lowest BCUT2D eigenvalue weighted by atomic mass is 10.2. The Bertz CT molecular complexity index is 784. The summed E-state index contributed by atoms with van der Waals surface area (Å²) in [6, 6.07) is 10.2. The first kappa shape index (κ1) is 19.9. The number of halogens is 2. The van der Waals surface area contributed by atoms with Crippen molar-refractivity contribution < 1.29 is 23.1 Å². The molecular formula is C19H19F2NO3S. The second-order valence-electron chi connectivity index (χ2n) is 5.35. The van der Waals surface area contributed by atoms with E-state index < -0.39 is 28.8 Å². The Morgan fingerprint density at radius 1 is 1.12 bits per heavy atom. The molecule has 0 aliphatic rings. The minimum absolute atomic E-state index is 0.0645. The molecule has 4 nitrogen and oxygen atoms in total. The van der Waals surface area contributed by atoms with Crippen molar-refractivity contribution in [2.75, 3.05) is 11.9 Å². The van der Waals surface area contributed by atoms with Crippen LogP contribution in [-0.2, 0) is 9.53 Å². The van der Waals surface area contributed by atoms with Gasteiger partial charge >= 0.3 is 5.97 Å². The maximum Gasteiger partial charge on any atom is 0.319 e. The number of hydrogen-bond donors (Lipinski definition) is 1. The number of nitrogens with one attached hydrogen (secondary N) is 1. The van der Waals surface area contributed by atoms with Gasteiger partial charge in [0.1, 0.15) is 16.9 Å². The molecule has 0 bridgehead atoms. The molecule has 0 saturated heterocycles. The van der Waals surface area contributed by atoms with E-state index in [1.807, 2.05) is 0 Å². The number of amides is 1. The van der Waals surface area contributed by atoms with Crippen LogP contribution >= 0.6 is 11.8 Å². The predicted octanol–water partition coefficient (Wildman–Crippen LogP) is 4.65. The normalized spacial score (nSPS) is 11.7. The summed E-state index contributed by atoms with van der Waals surface area (Å²) in [4.78, 5) is 24.1. The number of rotatable bonds is 7. The van der Waals surface area contributed by atoms with Crippen LogP contribution < -0.4 is 5.32 Å². The summed E-state index contributed by atoms with van der Waals surface area (Å²) in [5, 5.41) is 1.81. The van der Waals surface area contributed by atoms with Gasteiger partial charge in [0.25, 0.3) is 5.91 Å². The number of anilines is 1. The highest BCUT2D eigenvalue weighted by Gasteiger charge is 2.22. The summed E-state index contributed by atoms with van der Waals surface area (Å²) < 4.78 is 33.1. The van der Waals surface area contributed by atoms with Gasteiger partial charge in [-0.1, -0.05) is 25.1 Å². The Labute approximate surface area is 154 Å². The zero-order valence-electron chi connectivity index (χ0n) is 14.4. The maximum atomic E-state index is 14.1. The quantitative estimate of drug-likeness (QED) is 0.562. The number of esters is 1. The molecule has 2 aromatic carbocycles. The summed E-state index contributed by atoms with van der Waals surface area (Å²) in [6.45, 7) is 3.68. The fraction of sp³-hybridized carbons (Fsp3) is 0.263. The smallest absolute Gasteiger partial charge is 0.319 e. The van der Waals surface area contributed by atoms with E-state index in [0.717, 1.165) is 11.8 Å². The van der Waals surface area contributed by atoms with Crippen LogP contribution in [0.25, 0.3) is 0 Å². The Kier molecular flexibility index (Phi) is 7.15. The Balaban J connectivity index is 2.22. The van der Waals surface area contributed by atoms with Crippen LogP contribution in [0.2, 0.25) is 0 Å². The van der Waals surface area contributed by atoms with E-state index in [-0.39, 0.29) is 17.2 Å². The van der Waals surface area contributed by atoms with Crippen molar-refractivity contribution in [3.63, 3.8) is 0 Å². The second-order valence-corrected chi connectivity index (χ2v) is 6.59. The molecule has 2 aromatic rings. The number of benzene rings is 2. The first-order chi connectivity index (χ1) is 12.5. The first-order valence-corrected chi connectivity index (χ1v) is 9.03. The van der Waals surface area contributed by atoms with E-state index in [1.165, 1.54) is 6.07 Å². The number of ether oxygens (including phenoxy) is 1. The van der Waals surface area contributed by atoms with Crippen LogP contribution in [0, 0.1) is 11.6 Å². The number of carbonyl (C=O) groups is 2. The summed E-state index contributed by atoms with van der Waals surface area (Å²) in [6.07, 6.45) is 0.423. The molecule has 26 heavy (non-hydrogen) atoms. The summed E-state index contributed by atoms with van der Waals surface area (Å²) in [5.74, 6) is -2.66. The van der Waals surface area contributed by atoms with Crippen LogP contribution in [-0.4, -0.2) is 23.7 Å². The number of hydrogen-bond acceptors (Lipinski definition) is 4. The van der Waals surface area contributed by atoms with Gasteiger partial charge in [-0.05, 0) is 31.5 Å². The third-order valence-electron chi connectivity index (χ3n) is 3.50. The highest BCUT2D eigenvalue weighted by molar-refractivity contribution is 8.00. The highest BCUT2D eigenvalue weighted by atomic mass is 32.2. The molecule has 1 atom stereocenters. The van der Waals surface area contributed by atoms with E-state index in [2.05, 4.69) is 5.32 Å². The zero-order chi connectivity index (χ0) is 19.1. The monoisotopic (exact) mass is 379 g/mol. The standard InChI is InChI=1S/C19H19F2NO3S/c1-3-16(19(24)25-4-2)26-17-11-15(13(20)10-14(17)21)22-18(23)12-8-6-5-7-9-12/h5-11,16H,3-4H2,1-2H3,(H,22,23). The minimum Gasteiger partial charge on any atom is -0.465 e. The SMILES string of the molecule is CCOC(=O)C(CC)Sc1cc(NC(=O)c2ccccc2)c(F)cc1F. The maximum absolute atomic E-state index is 14.1. The summed E-state index contributed by atoms with van der Waals surface area (Å²) in [7, 11) is 0. The van der Waals surface area contributed by atoms with Gasteiger partial charge in [0, 0.05) is 16.5 Å². The molecule has 0 spiro atoms. The topological polar surface area (TPSA) is 55.4 Å². The molecule has 0 aromatic heterocycles. The molecule has 0 saturated carbocycles. The molecule has 0 radical (unpaired) electrons. The molecule has 1 N–H and O–H groups in total. The Morgan fingerprint density at radius 3 is 2.42 bits per heavy atom. The number of carbonyl (C=O) groups excluding carboxylic acids is 2. The molecule has 138 valence electrons. The summed E-state index contributed by atoms with van der Waals surface area (Å²) >= 11 is 0.942. The number of thioether (sulfide) groups is 1. The average molecular weight is 379 g/mol. The van der Waals surface area contributed by atoms with Crippen molar-refractivity contribution in [2.24, 2.45) is 0 Å². The van der Waals surface area contributed by atoms with Crippen LogP contribution in [0.15, 0.2) is 47.4 Å². The van der Waals surface area contributed by atoms with Crippen LogP contribution in [0.4, 0.5) is 14.5 Å². The zero-order valence-corrected chi connectivity index (χ0v) is 15.2. The lowest BCUT2D eigenvalue weighted by molar-refractivity contribution is -0.142. The van der Waals surface area contributed by atoms with E-state index in [0.29, 0.717) is 18.1 Å². The molecule has 7 heteroatoms. The van der Waals surface area contributed by atoms with Crippen molar-refractivity contribution in [2.45, 2.75) is 30.4 Å². The molecule has 0 aliphatic carbocycles. The molecule has 0 heterocycles. The fourth-order valence-electron chi connectivity index (χ4n) is 2.19. The van der Waals surface area contributed by atoms with Crippen LogP contribution in [0.1, 0.15) is 30.6 Å². The van der Waals surface area contributed by atoms with Gasteiger partial charge < -0.3 is 10.1 Å². The van der Waals surface area contributed by atoms with Crippen LogP contribution in [0.3, 0.4) is 0 Å². The highest BCUT2D eigenvalue weighted by Crippen LogP contribution is 2.32. The molecule has 0 fully saturated rings. The van der Waals surface area contributed by atoms with Crippen molar-refractivity contribution in [1.29, 1.82) is 0 Å². The van der Waals surface area contributed by atoms with Crippen LogP contribution in [0.5, 0.6) is 0 Å². The minimum atomic E-state index is -0.889. The van der Waals surface area contributed by atoms with Gasteiger partial charge in [0.05, 0.1) is 12.3 Å². The van der Waals surface area contributed by atoms with Gasteiger partial charge in [-0.15, -0.1) is 11.8 Å². The molecular weight excluding hydrogens is 360 g/mol. The van der Waals surface area contributed by atoms with Gasteiger partial charge in [-0.25, -0.2) is 8.78 Å². The van der Waals surface area contributed by atoms with Crippen molar-refractivity contribution >= 4 is 29.3 Å². The van der Waals surface area contributed by atoms with E-state index >= 15 is 0 Å².